The van der Waals surface area contributed by atoms with Gasteiger partial charge in [-0.25, -0.2) is 8.78 Å². The van der Waals surface area contributed by atoms with Crippen LogP contribution in [0, 0.1) is 5.92 Å². The van der Waals surface area contributed by atoms with E-state index in [-0.39, 0.29) is 13.1 Å². The minimum absolute atomic E-state index is 0.157. The molecular weight excluding hydrogens is 312 g/mol. The fraction of sp³-hybridized carbons (Fsp3) is 0.545. The zero-order valence-electron chi connectivity index (χ0n) is 9.41. The minimum atomic E-state index is -3.14. The number of aliphatic carboxylic acids is 1. The summed E-state index contributed by atoms with van der Waals surface area (Å²) in [5.74, 6) is -5.63. The van der Waals surface area contributed by atoms with Crippen molar-refractivity contribution < 1.29 is 23.1 Å². The topological polar surface area (TPSA) is 53.7 Å². The van der Waals surface area contributed by atoms with Crippen LogP contribution in [0.3, 0.4) is 0 Å². The Morgan fingerprint density at radius 1 is 1.67 bits per heavy atom. The van der Waals surface area contributed by atoms with Gasteiger partial charge in [0.25, 0.3) is 5.92 Å². The van der Waals surface area contributed by atoms with E-state index in [4.69, 9.17) is 9.52 Å². The molecule has 18 heavy (non-hydrogen) atoms. The Labute approximate surface area is 111 Å². The van der Waals surface area contributed by atoms with E-state index in [1.807, 2.05) is 0 Å². The maximum absolute atomic E-state index is 13.4. The van der Waals surface area contributed by atoms with E-state index in [0.717, 1.165) is 4.47 Å². The molecule has 1 aliphatic heterocycles. The summed E-state index contributed by atoms with van der Waals surface area (Å²) >= 11 is 3.27. The van der Waals surface area contributed by atoms with Crippen molar-refractivity contribution >= 4 is 21.9 Å². The molecule has 0 aliphatic carbocycles. The highest BCUT2D eigenvalue weighted by molar-refractivity contribution is 9.10. The summed E-state index contributed by atoms with van der Waals surface area (Å²) in [6.45, 7) is 0.312. The van der Waals surface area contributed by atoms with Gasteiger partial charge in [-0.2, -0.15) is 0 Å². The van der Waals surface area contributed by atoms with Gasteiger partial charge < -0.3 is 9.52 Å². The van der Waals surface area contributed by atoms with Gasteiger partial charge in [-0.05, 0) is 22.0 Å². The maximum Gasteiger partial charge on any atom is 0.313 e. The van der Waals surface area contributed by atoms with E-state index >= 15 is 0 Å². The van der Waals surface area contributed by atoms with Crippen molar-refractivity contribution in [2.24, 2.45) is 5.92 Å². The van der Waals surface area contributed by atoms with Gasteiger partial charge in [-0.1, -0.05) is 0 Å². The van der Waals surface area contributed by atoms with Crippen LogP contribution in [0.5, 0.6) is 0 Å². The molecule has 1 saturated heterocycles. The number of carboxylic acids is 1. The van der Waals surface area contributed by atoms with E-state index < -0.39 is 24.2 Å². The third-order valence-electron chi connectivity index (χ3n) is 3.07. The number of carboxylic acid groups (broad SMARTS) is 1. The Balaban J connectivity index is 2.05. The van der Waals surface area contributed by atoms with E-state index in [1.54, 1.807) is 11.0 Å². The second-order valence-electron chi connectivity index (χ2n) is 4.33. The number of hydrogen-bond acceptors (Lipinski definition) is 3. The van der Waals surface area contributed by atoms with E-state index in [0.29, 0.717) is 12.3 Å². The van der Waals surface area contributed by atoms with Crippen LogP contribution in [0.25, 0.3) is 0 Å². The van der Waals surface area contributed by atoms with Crippen molar-refractivity contribution in [2.75, 3.05) is 13.1 Å². The molecule has 1 fully saturated rings. The molecule has 0 aromatic carbocycles. The Hall–Kier alpha value is -0.950. The largest absolute Gasteiger partial charge is 0.481 e. The first-order valence-electron chi connectivity index (χ1n) is 5.45. The lowest BCUT2D eigenvalue weighted by Crippen LogP contribution is -2.49. The predicted molar refractivity (Wildman–Crippen MR) is 62.4 cm³/mol. The molecule has 1 aromatic heterocycles. The van der Waals surface area contributed by atoms with Gasteiger partial charge in [0.05, 0.1) is 17.3 Å². The standard InChI is InChI=1S/C11H12BrF2NO3/c12-8-1-4-18-9(8)6-15-3-2-11(13,14)7(5-15)10(16)17/h1,4,7H,2-3,5-6H2,(H,16,17). The number of nitrogens with zero attached hydrogens (tertiary/aromatic N) is 1. The Bertz CT molecular complexity index is 449. The lowest BCUT2D eigenvalue weighted by molar-refractivity contribution is -0.167. The van der Waals surface area contributed by atoms with E-state index in [9.17, 15) is 13.6 Å². The molecule has 0 bridgehead atoms. The number of alkyl halides is 2. The molecule has 1 aliphatic rings. The second kappa shape index (κ2) is 4.97. The molecule has 2 heterocycles. The Kier molecular flexibility index (Phi) is 3.72. The number of hydrogen-bond donors (Lipinski definition) is 1. The first kappa shape index (κ1) is 13.5. The zero-order chi connectivity index (χ0) is 13.3. The lowest BCUT2D eigenvalue weighted by atomic mass is 9.93. The zero-order valence-corrected chi connectivity index (χ0v) is 11.0. The molecule has 0 saturated carbocycles. The second-order valence-corrected chi connectivity index (χ2v) is 5.18. The average molecular weight is 324 g/mol. The summed E-state index contributed by atoms with van der Waals surface area (Å²) in [5, 5.41) is 8.83. The van der Waals surface area contributed by atoms with Gasteiger partial charge >= 0.3 is 5.97 Å². The van der Waals surface area contributed by atoms with Crippen molar-refractivity contribution in [3.63, 3.8) is 0 Å². The molecule has 1 unspecified atom stereocenters. The minimum Gasteiger partial charge on any atom is -0.481 e. The predicted octanol–water partition coefficient (Wildman–Crippen LogP) is 2.58. The monoisotopic (exact) mass is 323 g/mol. The summed E-state index contributed by atoms with van der Waals surface area (Å²) in [7, 11) is 0. The highest BCUT2D eigenvalue weighted by Gasteiger charge is 2.48. The molecule has 0 amide bonds. The van der Waals surface area contributed by atoms with Crippen LogP contribution in [0.4, 0.5) is 8.78 Å². The highest BCUT2D eigenvalue weighted by atomic mass is 79.9. The van der Waals surface area contributed by atoms with Gasteiger partial charge in [0.1, 0.15) is 11.7 Å². The van der Waals surface area contributed by atoms with E-state index in [1.165, 1.54) is 6.26 Å². The summed E-state index contributed by atoms with van der Waals surface area (Å²) < 4.78 is 32.8. The number of carbonyl (C=O) groups is 1. The summed E-state index contributed by atoms with van der Waals surface area (Å²) in [4.78, 5) is 12.5. The molecule has 1 N–H and O–H groups in total. The van der Waals surface area contributed by atoms with Crippen molar-refractivity contribution in [1.82, 2.24) is 4.90 Å². The quantitative estimate of drug-likeness (QED) is 0.929. The van der Waals surface area contributed by atoms with Crippen molar-refractivity contribution in [3.05, 3.63) is 22.6 Å². The first-order valence-corrected chi connectivity index (χ1v) is 6.24. The Morgan fingerprint density at radius 3 is 2.94 bits per heavy atom. The van der Waals surface area contributed by atoms with Crippen LogP contribution in [-0.4, -0.2) is 35.0 Å². The summed E-state index contributed by atoms with van der Waals surface area (Å²) in [6, 6.07) is 1.71. The van der Waals surface area contributed by atoms with Crippen LogP contribution < -0.4 is 0 Å². The highest BCUT2D eigenvalue weighted by Crippen LogP contribution is 2.34. The third kappa shape index (κ3) is 2.72. The van der Waals surface area contributed by atoms with Gasteiger partial charge in [-0.3, -0.25) is 9.69 Å². The van der Waals surface area contributed by atoms with Crippen LogP contribution in [0.1, 0.15) is 12.2 Å². The number of furan rings is 1. The summed E-state index contributed by atoms with van der Waals surface area (Å²) in [6.07, 6.45) is 1.05. The fourth-order valence-corrected chi connectivity index (χ4v) is 2.33. The van der Waals surface area contributed by atoms with Gasteiger partial charge in [0, 0.05) is 19.5 Å². The Morgan fingerprint density at radius 2 is 2.39 bits per heavy atom. The van der Waals surface area contributed by atoms with Crippen molar-refractivity contribution in [1.29, 1.82) is 0 Å². The van der Waals surface area contributed by atoms with Crippen LogP contribution in [0.2, 0.25) is 0 Å². The fourth-order valence-electron chi connectivity index (χ4n) is 2.01. The van der Waals surface area contributed by atoms with Crippen LogP contribution in [-0.2, 0) is 11.3 Å². The van der Waals surface area contributed by atoms with Crippen LogP contribution in [0.15, 0.2) is 21.2 Å². The number of likely N-dealkylation sites (tertiary alicyclic amines) is 1. The molecular formula is C11H12BrF2NO3. The van der Waals surface area contributed by atoms with Crippen molar-refractivity contribution in [2.45, 2.75) is 18.9 Å². The average Bonchev–Trinajstić information content (AvgIpc) is 2.66. The summed E-state index contributed by atoms with van der Waals surface area (Å²) in [5.41, 5.74) is 0. The SMILES string of the molecule is O=C(O)C1CN(Cc2occc2Br)CCC1(F)F. The smallest absolute Gasteiger partial charge is 0.313 e. The molecule has 2 rings (SSSR count). The van der Waals surface area contributed by atoms with Crippen LogP contribution >= 0.6 is 15.9 Å². The molecule has 1 aromatic rings. The molecule has 0 spiro atoms. The van der Waals surface area contributed by atoms with Gasteiger partial charge in [0.2, 0.25) is 0 Å². The van der Waals surface area contributed by atoms with Gasteiger partial charge in [-0.15, -0.1) is 0 Å². The molecule has 0 radical (unpaired) electrons. The lowest BCUT2D eigenvalue weighted by Gasteiger charge is -2.35. The molecule has 7 heteroatoms. The number of rotatable bonds is 3. The maximum atomic E-state index is 13.4. The number of halogens is 3. The normalized spacial score (nSPS) is 24.1. The molecule has 1 atom stereocenters. The number of piperidine rings is 1. The molecule has 100 valence electrons. The van der Waals surface area contributed by atoms with E-state index in [2.05, 4.69) is 15.9 Å². The first-order chi connectivity index (χ1) is 8.40. The van der Waals surface area contributed by atoms with Gasteiger partial charge in [0.15, 0.2) is 0 Å². The third-order valence-corrected chi connectivity index (χ3v) is 3.77. The van der Waals surface area contributed by atoms with Crippen molar-refractivity contribution in [3.8, 4) is 0 Å². The molecule has 4 nitrogen and oxygen atoms in total.